The van der Waals surface area contributed by atoms with Crippen LogP contribution in [0.25, 0.3) is 11.1 Å². The number of esters is 1. The smallest absolute Gasteiger partial charge is 0.330 e. The molecule has 0 saturated carbocycles. The van der Waals surface area contributed by atoms with Gasteiger partial charge in [-0.3, -0.25) is 4.79 Å². The highest BCUT2D eigenvalue weighted by Gasteiger charge is 2.24. The van der Waals surface area contributed by atoms with Crippen molar-refractivity contribution < 1.29 is 14.3 Å². The largest absolute Gasteiger partial charge is 0.464 e. The lowest BCUT2D eigenvalue weighted by molar-refractivity contribution is -0.147. The van der Waals surface area contributed by atoms with Crippen LogP contribution in [0.1, 0.15) is 29.8 Å². The summed E-state index contributed by atoms with van der Waals surface area (Å²) in [4.78, 5) is 29.5. The second-order valence-corrected chi connectivity index (χ2v) is 7.71. The standard InChI is InChI=1S/C24H27N3O3/c1-17(2)15-30-24(29)22(14-27-12-11-25-16-27)26-23(28)21-10-9-20(13-18(21)3)19-7-5-4-6-8-19/h4-13,16-17,22H,14-15H2,1-3H3,(H,26,28)/t22-/m0/s1. The number of aryl methyl sites for hydroxylation is 1. The minimum Gasteiger partial charge on any atom is -0.464 e. The molecule has 3 aromatic rings. The van der Waals surface area contributed by atoms with E-state index in [4.69, 9.17) is 4.74 Å². The molecule has 0 aliphatic carbocycles. The summed E-state index contributed by atoms with van der Waals surface area (Å²) in [6.45, 7) is 6.38. The molecule has 156 valence electrons. The molecular formula is C24H27N3O3. The minimum absolute atomic E-state index is 0.214. The monoisotopic (exact) mass is 405 g/mol. The number of hydrogen-bond donors (Lipinski definition) is 1. The fourth-order valence-electron chi connectivity index (χ4n) is 3.10. The number of nitrogens with one attached hydrogen (secondary N) is 1. The normalized spacial score (nSPS) is 11.9. The Morgan fingerprint density at radius 3 is 2.50 bits per heavy atom. The van der Waals surface area contributed by atoms with Crippen LogP contribution >= 0.6 is 0 Å². The molecule has 0 bridgehead atoms. The molecule has 0 saturated heterocycles. The van der Waals surface area contributed by atoms with Gasteiger partial charge in [0, 0.05) is 18.0 Å². The molecule has 1 N–H and O–H groups in total. The van der Waals surface area contributed by atoms with Gasteiger partial charge in [-0.25, -0.2) is 9.78 Å². The van der Waals surface area contributed by atoms with Gasteiger partial charge in [-0.1, -0.05) is 56.3 Å². The molecule has 2 aromatic carbocycles. The summed E-state index contributed by atoms with van der Waals surface area (Å²) in [7, 11) is 0. The van der Waals surface area contributed by atoms with E-state index < -0.39 is 12.0 Å². The molecule has 1 aromatic heterocycles. The van der Waals surface area contributed by atoms with E-state index in [9.17, 15) is 9.59 Å². The molecule has 1 amide bonds. The Morgan fingerprint density at radius 1 is 1.10 bits per heavy atom. The van der Waals surface area contributed by atoms with Crippen LogP contribution in [-0.2, 0) is 16.1 Å². The van der Waals surface area contributed by atoms with E-state index >= 15 is 0 Å². The highest BCUT2D eigenvalue weighted by atomic mass is 16.5. The van der Waals surface area contributed by atoms with Gasteiger partial charge in [-0.2, -0.15) is 0 Å². The number of nitrogens with zero attached hydrogens (tertiary/aromatic N) is 2. The fourth-order valence-corrected chi connectivity index (χ4v) is 3.10. The average Bonchev–Trinajstić information content (AvgIpc) is 3.25. The number of benzene rings is 2. The lowest BCUT2D eigenvalue weighted by Gasteiger charge is -2.19. The fraction of sp³-hybridized carbons (Fsp3) is 0.292. The predicted molar refractivity (Wildman–Crippen MR) is 116 cm³/mol. The van der Waals surface area contributed by atoms with Gasteiger partial charge in [0.15, 0.2) is 0 Å². The molecule has 0 aliphatic rings. The van der Waals surface area contributed by atoms with Crippen molar-refractivity contribution in [3.8, 4) is 11.1 Å². The Bertz CT molecular complexity index is 982. The summed E-state index contributed by atoms with van der Waals surface area (Å²) in [5.74, 6) is -0.547. The van der Waals surface area contributed by atoms with Gasteiger partial charge in [0.2, 0.25) is 0 Å². The summed E-state index contributed by atoms with van der Waals surface area (Å²) in [5, 5.41) is 2.83. The maximum Gasteiger partial charge on any atom is 0.330 e. The van der Waals surface area contributed by atoms with Crippen molar-refractivity contribution in [2.45, 2.75) is 33.4 Å². The first-order valence-corrected chi connectivity index (χ1v) is 10.0. The van der Waals surface area contributed by atoms with Gasteiger partial charge < -0.3 is 14.6 Å². The number of carbonyl (C=O) groups is 2. The average molecular weight is 405 g/mol. The van der Waals surface area contributed by atoms with Crippen molar-refractivity contribution in [3.05, 3.63) is 78.4 Å². The Hall–Kier alpha value is -3.41. The molecule has 3 rings (SSSR count). The zero-order valence-electron chi connectivity index (χ0n) is 17.5. The molecule has 1 atom stereocenters. The first kappa shape index (κ1) is 21.3. The van der Waals surface area contributed by atoms with Crippen LogP contribution in [0.3, 0.4) is 0 Å². The van der Waals surface area contributed by atoms with E-state index in [1.807, 2.05) is 63.2 Å². The van der Waals surface area contributed by atoms with E-state index in [1.165, 1.54) is 0 Å². The van der Waals surface area contributed by atoms with Gasteiger partial charge in [-0.15, -0.1) is 0 Å². The summed E-state index contributed by atoms with van der Waals surface area (Å²) in [5.41, 5.74) is 3.49. The number of hydrogen-bond acceptors (Lipinski definition) is 4. The third kappa shape index (κ3) is 5.56. The van der Waals surface area contributed by atoms with Crippen molar-refractivity contribution in [1.29, 1.82) is 0 Å². The first-order chi connectivity index (χ1) is 14.4. The molecule has 0 fully saturated rings. The van der Waals surface area contributed by atoms with E-state index in [0.29, 0.717) is 12.2 Å². The molecule has 30 heavy (non-hydrogen) atoms. The minimum atomic E-state index is -0.807. The SMILES string of the molecule is Cc1cc(-c2ccccc2)ccc1C(=O)N[C@@H](Cn1ccnc1)C(=O)OCC(C)C. The van der Waals surface area contributed by atoms with Gasteiger partial charge in [0.05, 0.1) is 19.5 Å². The molecule has 6 nitrogen and oxygen atoms in total. The quantitative estimate of drug-likeness (QED) is 0.578. The molecule has 1 heterocycles. The summed E-state index contributed by atoms with van der Waals surface area (Å²) in [6.07, 6.45) is 4.98. The lowest BCUT2D eigenvalue weighted by atomic mass is 9.99. The number of rotatable bonds is 8. The van der Waals surface area contributed by atoms with Crippen molar-refractivity contribution in [3.63, 3.8) is 0 Å². The van der Waals surface area contributed by atoms with Gasteiger partial charge in [-0.05, 0) is 35.6 Å². The zero-order valence-corrected chi connectivity index (χ0v) is 17.5. The Labute approximate surface area is 176 Å². The summed E-state index contributed by atoms with van der Waals surface area (Å²) in [6, 6.07) is 14.9. The number of amides is 1. The maximum atomic E-state index is 13.0. The number of ether oxygens (including phenoxy) is 1. The summed E-state index contributed by atoms with van der Waals surface area (Å²) >= 11 is 0. The third-order valence-corrected chi connectivity index (χ3v) is 4.68. The lowest BCUT2D eigenvalue weighted by Crippen LogP contribution is -2.45. The zero-order chi connectivity index (χ0) is 21.5. The number of carbonyl (C=O) groups excluding carboxylic acids is 2. The third-order valence-electron chi connectivity index (χ3n) is 4.68. The van der Waals surface area contributed by atoms with Crippen LogP contribution in [0.2, 0.25) is 0 Å². The number of imidazole rings is 1. The van der Waals surface area contributed by atoms with Gasteiger partial charge in [0.1, 0.15) is 6.04 Å². The second-order valence-electron chi connectivity index (χ2n) is 7.71. The van der Waals surface area contributed by atoms with Crippen molar-refractivity contribution >= 4 is 11.9 Å². The van der Waals surface area contributed by atoms with E-state index in [1.54, 1.807) is 29.4 Å². The van der Waals surface area contributed by atoms with Crippen LogP contribution in [0.5, 0.6) is 0 Å². The predicted octanol–water partition coefficient (Wildman–Crippen LogP) is 3.86. The molecule has 0 unspecified atom stereocenters. The maximum absolute atomic E-state index is 13.0. The van der Waals surface area contributed by atoms with Crippen LogP contribution in [0.15, 0.2) is 67.3 Å². The Balaban J connectivity index is 1.76. The molecule has 0 aliphatic heterocycles. The van der Waals surface area contributed by atoms with Crippen LogP contribution in [-0.4, -0.2) is 34.1 Å². The van der Waals surface area contributed by atoms with E-state index in [0.717, 1.165) is 16.7 Å². The highest BCUT2D eigenvalue weighted by Crippen LogP contribution is 2.22. The van der Waals surface area contributed by atoms with Crippen LogP contribution in [0.4, 0.5) is 0 Å². The molecule has 0 spiro atoms. The number of aromatic nitrogens is 2. The Kier molecular flexibility index (Phi) is 7.01. The highest BCUT2D eigenvalue weighted by molar-refractivity contribution is 5.98. The topological polar surface area (TPSA) is 73.2 Å². The van der Waals surface area contributed by atoms with Crippen molar-refractivity contribution in [2.75, 3.05) is 6.61 Å². The van der Waals surface area contributed by atoms with Gasteiger partial charge >= 0.3 is 5.97 Å². The van der Waals surface area contributed by atoms with Crippen LogP contribution < -0.4 is 5.32 Å². The first-order valence-electron chi connectivity index (χ1n) is 10.0. The van der Waals surface area contributed by atoms with Crippen molar-refractivity contribution in [2.24, 2.45) is 5.92 Å². The second kappa shape index (κ2) is 9.87. The molecule has 6 heteroatoms. The molecular weight excluding hydrogens is 378 g/mol. The van der Waals surface area contributed by atoms with E-state index in [-0.39, 0.29) is 18.4 Å². The van der Waals surface area contributed by atoms with E-state index in [2.05, 4.69) is 10.3 Å². The summed E-state index contributed by atoms with van der Waals surface area (Å²) < 4.78 is 7.11. The van der Waals surface area contributed by atoms with Gasteiger partial charge in [0.25, 0.3) is 5.91 Å². The molecule has 0 radical (unpaired) electrons. The van der Waals surface area contributed by atoms with Crippen molar-refractivity contribution in [1.82, 2.24) is 14.9 Å². The Morgan fingerprint density at radius 2 is 1.87 bits per heavy atom. The van der Waals surface area contributed by atoms with Crippen LogP contribution in [0, 0.1) is 12.8 Å².